The average Bonchev–Trinajstić information content (AvgIpc) is 3.29. The lowest BCUT2D eigenvalue weighted by Crippen LogP contribution is -2.29. The van der Waals surface area contributed by atoms with E-state index >= 15 is 0 Å². The van der Waals surface area contributed by atoms with Gasteiger partial charge in [-0.2, -0.15) is 13.2 Å². The van der Waals surface area contributed by atoms with E-state index < -0.39 is 27.7 Å². The van der Waals surface area contributed by atoms with Crippen LogP contribution in [-0.4, -0.2) is 32.4 Å². The molecule has 2 aromatic heterocycles. The maximum atomic E-state index is 12.5. The van der Waals surface area contributed by atoms with E-state index in [0.717, 1.165) is 12.3 Å². The van der Waals surface area contributed by atoms with Gasteiger partial charge >= 0.3 is 6.18 Å². The maximum absolute atomic E-state index is 12.5. The van der Waals surface area contributed by atoms with Gasteiger partial charge in [0.05, 0.1) is 23.3 Å². The molecular formula is C20H19F3N4O4S. The molecule has 3 rings (SSSR count). The van der Waals surface area contributed by atoms with Crippen molar-refractivity contribution in [3.05, 3.63) is 77.9 Å². The number of hydrogen-bond acceptors (Lipinski definition) is 6. The molecule has 0 saturated carbocycles. The molecule has 0 atom stereocenters. The average molecular weight is 468 g/mol. The van der Waals surface area contributed by atoms with Gasteiger partial charge < -0.3 is 15.1 Å². The summed E-state index contributed by atoms with van der Waals surface area (Å²) in [5, 5.41) is 5.42. The summed E-state index contributed by atoms with van der Waals surface area (Å²) in [4.78, 5) is 15.9. The second-order valence-electron chi connectivity index (χ2n) is 6.54. The number of pyridine rings is 1. The Morgan fingerprint density at radius 3 is 2.38 bits per heavy atom. The zero-order valence-electron chi connectivity index (χ0n) is 16.5. The Morgan fingerprint density at radius 1 is 1.03 bits per heavy atom. The Kier molecular flexibility index (Phi) is 7.15. The Hall–Kier alpha value is -3.38. The van der Waals surface area contributed by atoms with Crippen molar-refractivity contribution in [1.29, 1.82) is 0 Å². The first kappa shape index (κ1) is 23.3. The molecule has 0 saturated heterocycles. The lowest BCUT2D eigenvalue weighted by Gasteiger charge is -2.10. The summed E-state index contributed by atoms with van der Waals surface area (Å²) >= 11 is 0. The number of nitrogens with one attached hydrogen (secondary N) is 3. The molecule has 8 nitrogen and oxygen atoms in total. The highest BCUT2D eigenvalue weighted by Crippen LogP contribution is 2.28. The molecule has 0 fully saturated rings. The normalized spacial score (nSPS) is 11.8. The van der Waals surface area contributed by atoms with E-state index in [1.165, 1.54) is 36.6 Å². The second kappa shape index (κ2) is 9.83. The number of sulfonamides is 1. The zero-order valence-corrected chi connectivity index (χ0v) is 17.3. The molecule has 0 radical (unpaired) electrons. The number of nitrogens with zero attached hydrogens (tertiary/aromatic N) is 1. The first-order chi connectivity index (χ1) is 15.1. The summed E-state index contributed by atoms with van der Waals surface area (Å²) in [6.45, 7) is 0.401. The Bertz CT molecular complexity index is 1130. The molecule has 170 valence electrons. The predicted molar refractivity (Wildman–Crippen MR) is 109 cm³/mol. The van der Waals surface area contributed by atoms with E-state index in [2.05, 4.69) is 20.3 Å². The highest BCUT2D eigenvalue weighted by Gasteiger charge is 2.30. The van der Waals surface area contributed by atoms with E-state index in [0.29, 0.717) is 5.76 Å². The van der Waals surface area contributed by atoms with Crippen molar-refractivity contribution < 1.29 is 30.8 Å². The number of hydrogen-bond donors (Lipinski definition) is 3. The van der Waals surface area contributed by atoms with Crippen LogP contribution in [0.25, 0.3) is 0 Å². The van der Waals surface area contributed by atoms with Crippen molar-refractivity contribution in [1.82, 2.24) is 15.0 Å². The SMILES string of the molecule is O=C(NCCNc1ccc(C(F)(F)F)cn1)c1ccc(S(=O)(=O)NCc2ccco2)cc1. The summed E-state index contributed by atoms with van der Waals surface area (Å²) < 4.78 is 69.6. The van der Waals surface area contributed by atoms with Crippen molar-refractivity contribution in [3.8, 4) is 0 Å². The smallest absolute Gasteiger partial charge is 0.417 e. The van der Waals surface area contributed by atoms with Crippen molar-refractivity contribution in [3.63, 3.8) is 0 Å². The quantitative estimate of drug-likeness (QED) is 0.416. The summed E-state index contributed by atoms with van der Waals surface area (Å²) in [7, 11) is -3.77. The summed E-state index contributed by atoms with van der Waals surface area (Å²) in [5.74, 6) is 0.271. The summed E-state index contributed by atoms with van der Waals surface area (Å²) in [6, 6.07) is 10.8. The van der Waals surface area contributed by atoms with Crippen molar-refractivity contribution >= 4 is 21.7 Å². The number of carbonyl (C=O) groups is 1. The number of alkyl halides is 3. The second-order valence-corrected chi connectivity index (χ2v) is 8.31. The molecule has 32 heavy (non-hydrogen) atoms. The maximum Gasteiger partial charge on any atom is 0.417 e. The fraction of sp³-hybridized carbons (Fsp3) is 0.200. The number of anilines is 1. The largest absolute Gasteiger partial charge is 0.468 e. The van der Waals surface area contributed by atoms with Gasteiger partial charge in [-0.3, -0.25) is 4.79 Å². The zero-order chi connectivity index (χ0) is 23.2. The number of carbonyl (C=O) groups excluding carboxylic acids is 1. The van der Waals surface area contributed by atoms with E-state index in [1.807, 2.05) is 0 Å². The molecule has 1 amide bonds. The standard InChI is InChI=1S/C20H19F3N4O4S/c21-20(22,23)15-5-8-18(26-12-15)24-9-10-25-19(28)14-3-6-17(7-4-14)32(29,30)27-13-16-2-1-11-31-16/h1-8,11-12,27H,9-10,13H2,(H,24,26)(H,25,28). The van der Waals surface area contributed by atoms with Gasteiger partial charge in [0.15, 0.2) is 0 Å². The molecule has 0 spiro atoms. The number of rotatable bonds is 9. The van der Waals surface area contributed by atoms with E-state index in [9.17, 15) is 26.4 Å². The minimum absolute atomic E-state index is 0.00163. The highest BCUT2D eigenvalue weighted by atomic mass is 32.2. The van der Waals surface area contributed by atoms with Crippen LogP contribution in [0.1, 0.15) is 21.7 Å². The van der Waals surface area contributed by atoms with Crippen LogP contribution in [0, 0.1) is 0 Å². The minimum Gasteiger partial charge on any atom is -0.468 e. The molecule has 0 bridgehead atoms. The predicted octanol–water partition coefficient (Wildman–Crippen LogP) is 3.01. The van der Waals surface area contributed by atoms with Gasteiger partial charge in [-0.15, -0.1) is 0 Å². The molecule has 0 aliphatic heterocycles. The molecule has 3 aromatic rings. The fourth-order valence-corrected chi connectivity index (χ4v) is 3.58. The fourth-order valence-electron chi connectivity index (χ4n) is 2.58. The van der Waals surface area contributed by atoms with Crippen LogP contribution >= 0.6 is 0 Å². The lowest BCUT2D eigenvalue weighted by atomic mass is 10.2. The molecule has 2 heterocycles. The Morgan fingerprint density at radius 2 is 1.78 bits per heavy atom. The van der Waals surface area contributed by atoms with Crippen LogP contribution in [0.3, 0.4) is 0 Å². The minimum atomic E-state index is -4.45. The van der Waals surface area contributed by atoms with Crippen LogP contribution < -0.4 is 15.4 Å². The van der Waals surface area contributed by atoms with Gasteiger partial charge in [-0.05, 0) is 48.5 Å². The van der Waals surface area contributed by atoms with Crippen LogP contribution in [0.2, 0.25) is 0 Å². The number of halogens is 3. The van der Waals surface area contributed by atoms with Crippen LogP contribution in [0.15, 0.2) is 70.3 Å². The first-order valence-electron chi connectivity index (χ1n) is 9.32. The number of benzene rings is 1. The molecular weight excluding hydrogens is 449 g/mol. The third-order valence-corrected chi connectivity index (χ3v) is 5.67. The Balaban J connectivity index is 1.46. The Labute approximate surface area is 181 Å². The summed E-state index contributed by atoms with van der Waals surface area (Å²) in [5.41, 5.74) is -0.597. The van der Waals surface area contributed by atoms with Gasteiger partial charge in [0.25, 0.3) is 5.91 Å². The number of aromatic nitrogens is 1. The van der Waals surface area contributed by atoms with Gasteiger partial charge in [0.2, 0.25) is 10.0 Å². The van der Waals surface area contributed by atoms with Gasteiger partial charge in [-0.1, -0.05) is 0 Å². The molecule has 12 heteroatoms. The van der Waals surface area contributed by atoms with Crippen molar-refractivity contribution in [2.45, 2.75) is 17.6 Å². The van der Waals surface area contributed by atoms with Crippen LogP contribution in [-0.2, 0) is 22.7 Å². The van der Waals surface area contributed by atoms with E-state index in [1.54, 1.807) is 12.1 Å². The molecule has 1 aromatic carbocycles. The molecule has 0 aliphatic carbocycles. The van der Waals surface area contributed by atoms with Gasteiger partial charge in [0, 0.05) is 24.8 Å². The highest BCUT2D eigenvalue weighted by molar-refractivity contribution is 7.89. The van der Waals surface area contributed by atoms with E-state index in [4.69, 9.17) is 4.42 Å². The van der Waals surface area contributed by atoms with Crippen LogP contribution in [0.4, 0.5) is 19.0 Å². The number of amides is 1. The topological polar surface area (TPSA) is 113 Å². The van der Waals surface area contributed by atoms with Gasteiger partial charge in [-0.25, -0.2) is 18.1 Å². The van der Waals surface area contributed by atoms with Crippen LogP contribution in [0.5, 0.6) is 0 Å². The first-order valence-corrected chi connectivity index (χ1v) is 10.8. The van der Waals surface area contributed by atoms with E-state index in [-0.39, 0.29) is 35.9 Å². The third kappa shape index (κ3) is 6.31. The van der Waals surface area contributed by atoms with Crippen molar-refractivity contribution in [2.75, 3.05) is 18.4 Å². The molecule has 0 aliphatic rings. The monoisotopic (exact) mass is 468 g/mol. The summed E-state index contributed by atoms with van der Waals surface area (Å²) in [6.07, 6.45) is -2.30. The molecule has 3 N–H and O–H groups in total. The number of furan rings is 1. The van der Waals surface area contributed by atoms with Crippen molar-refractivity contribution in [2.24, 2.45) is 0 Å². The lowest BCUT2D eigenvalue weighted by molar-refractivity contribution is -0.137. The third-order valence-electron chi connectivity index (χ3n) is 4.25. The molecule has 0 unspecified atom stereocenters. The van der Waals surface area contributed by atoms with Gasteiger partial charge in [0.1, 0.15) is 11.6 Å².